The first-order valence-electron chi connectivity index (χ1n) is 16.9. The Balaban J connectivity index is 1.22. The van der Waals surface area contributed by atoms with Crippen molar-refractivity contribution in [2.45, 2.75) is 64.6 Å². The van der Waals surface area contributed by atoms with Crippen LogP contribution in [0.3, 0.4) is 0 Å². The van der Waals surface area contributed by atoms with Gasteiger partial charge >= 0.3 is 5.97 Å². The van der Waals surface area contributed by atoms with Crippen LogP contribution in [-0.4, -0.2) is 63.5 Å². The summed E-state index contributed by atoms with van der Waals surface area (Å²) in [5.41, 5.74) is 5.66. The van der Waals surface area contributed by atoms with Gasteiger partial charge in [0.1, 0.15) is 16.8 Å². The van der Waals surface area contributed by atoms with Crippen LogP contribution in [-0.2, 0) is 9.47 Å². The second-order valence-corrected chi connectivity index (χ2v) is 14.1. The summed E-state index contributed by atoms with van der Waals surface area (Å²) in [7, 11) is 1.62. The molecule has 0 saturated heterocycles. The molecule has 2 aromatic carbocycles. The minimum Gasteiger partial charge on any atom is -0.460 e. The van der Waals surface area contributed by atoms with E-state index in [0.717, 1.165) is 36.0 Å². The van der Waals surface area contributed by atoms with Crippen LogP contribution in [0.2, 0.25) is 0 Å². The Morgan fingerprint density at radius 1 is 1.04 bits per heavy atom. The Morgan fingerprint density at radius 2 is 1.73 bits per heavy atom. The van der Waals surface area contributed by atoms with Gasteiger partial charge in [0.2, 0.25) is 0 Å². The lowest BCUT2D eigenvalue weighted by molar-refractivity contribution is -0.00115. The van der Waals surface area contributed by atoms with Gasteiger partial charge in [-0.25, -0.2) is 14.4 Å². The molecular weight excluding hydrogens is 606 g/mol. The number of nitrogens with zero attached hydrogens (tertiary/aromatic N) is 3. The average molecular weight is 650 g/mol. The Morgan fingerprint density at radius 3 is 2.44 bits per heavy atom. The fraction of sp³-hybridized carbons (Fsp3) is 0.436. The van der Waals surface area contributed by atoms with Gasteiger partial charge in [0.25, 0.3) is 0 Å². The van der Waals surface area contributed by atoms with Gasteiger partial charge in [-0.3, -0.25) is 0 Å². The van der Waals surface area contributed by atoms with Gasteiger partial charge in [-0.2, -0.15) is 0 Å². The summed E-state index contributed by atoms with van der Waals surface area (Å²) < 4.78 is 16.7. The molecule has 9 heteroatoms. The zero-order valence-corrected chi connectivity index (χ0v) is 28.0. The molecule has 0 spiro atoms. The molecule has 4 aromatic rings. The number of hydrogen-bond donors (Lipinski definition) is 2. The number of hydrogen-bond acceptors (Lipinski definition) is 9. The molecule has 9 nitrogen and oxygen atoms in total. The third-order valence-electron chi connectivity index (χ3n) is 11.1. The van der Waals surface area contributed by atoms with Crippen LogP contribution in [0.4, 0.5) is 0 Å². The van der Waals surface area contributed by atoms with E-state index in [-0.39, 0.29) is 42.1 Å². The van der Waals surface area contributed by atoms with E-state index in [0.29, 0.717) is 35.1 Å². The summed E-state index contributed by atoms with van der Waals surface area (Å²) in [6.45, 7) is 6.78. The van der Waals surface area contributed by atoms with E-state index >= 15 is 0 Å². The van der Waals surface area contributed by atoms with Crippen molar-refractivity contribution in [1.29, 1.82) is 0 Å². The number of allylic oxidation sites excluding steroid dienone is 1. The SMILES string of the molecule is COC[C@@]1(O)CCC2/C1=C\C1(C)CCC(C(C)COC(=O)c3nc(-c4ccccc4)c4nonc4c3-c3ccccc3)=C1C[C@H](O)C2C. The lowest BCUT2D eigenvalue weighted by Gasteiger charge is -2.38. The third-order valence-corrected chi connectivity index (χ3v) is 11.1. The molecule has 4 unspecified atom stereocenters. The Labute approximate surface area is 280 Å². The molecule has 1 saturated carbocycles. The number of pyridine rings is 1. The number of ether oxygens (including phenoxy) is 2. The number of esters is 1. The smallest absolute Gasteiger partial charge is 0.357 e. The van der Waals surface area contributed by atoms with Crippen molar-refractivity contribution >= 4 is 17.0 Å². The van der Waals surface area contributed by atoms with E-state index in [9.17, 15) is 15.0 Å². The zero-order chi connectivity index (χ0) is 33.6. The standard InChI is InChI=1S/C39H43N3O6/c1-23(27-15-17-38(3)20-30-28(16-18-39(30,45)22-46-4)24(2)31(43)19-29(27)38)21-47-37(44)35-32(25-11-7-5-8-12-25)34-36(42-48-41-34)33(40-35)26-13-9-6-10-14-26/h5-14,20,23-24,28,31,43,45H,15-19,21-22H2,1-4H3/b30-20+/t23?,24?,28?,31-,38?,39-/m0/s1. The first kappa shape index (κ1) is 32.4. The largest absolute Gasteiger partial charge is 0.460 e. The molecule has 0 amide bonds. The van der Waals surface area contributed by atoms with E-state index < -0.39 is 17.7 Å². The summed E-state index contributed by atoms with van der Waals surface area (Å²) in [5.74, 6) is -0.530. The number of aliphatic hydroxyl groups excluding tert-OH is 1. The van der Waals surface area contributed by atoms with Gasteiger partial charge in [0, 0.05) is 29.6 Å². The number of fused-ring (bicyclic) bond motifs is 3. The Hall–Kier alpha value is -4.18. The Bertz CT molecular complexity index is 1890. The van der Waals surface area contributed by atoms with Crippen molar-refractivity contribution in [3.63, 3.8) is 0 Å². The van der Waals surface area contributed by atoms with Crippen molar-refractivity contribution in [3.05, 3.63) is 89.2 Å². The van der Waals surface area contributed by atoms with E-state index in [1.165, 1.54) is 11.1 Å². The van der Waals surface area contributed by atoms with Crippen LogP contribution in [0.25, 0.3) is 33.4 Å². The van der Waals surface area contributed by atoms with Crippen molar-refractivity contribution in [2.75, 3.05) is 20.3 Å². The molecule has 3 aliphatic carbocycles. The minimum absolute atomic E-state index is 0.00334. The van der Waals surface area contributed by atoms with Crippen LogP contribution in [0, 0.1) is 23.2 Å². The number of aromatic nitrogens is 3. The minimum atomic E-state index is -1.02. The topological polar surface area (TPSA) is 128 Å². The zero-order valence-electron chi connectivity index (χ0n) is 28.0. The fourth-order valence-electron chi connectivity index (χ4n) is 8.39. The highest BCUT2D eigenvalue weighted by molar-refractivity contribution is 6.07. The number of carbonyl (C=O) groups is 1. The number of methoxy groups -OCH3 is 1. The number of benzene rings is 2. The Kier molecular flexibility index (Phi) is 8.56. The molecule has 250 valence electrons. The first-order chi connectivity index (χ1) is 23.1. The lowest BCUT2D eigenvalue weighted by atomic mass is 9.69. The highest BCUT2D eigenvalue weighted by atomic mass is 16.6. The third kappa shape index (κ3) is 5.57. The van der Waals surface area contributed by atoms with E-state index in [2.05, 4.69) is 37.2 Å². The van der Waals surface area contributed by atoms with E-state index in [1.54, 1.807) is 7.11 Å². The summed E-state index contributed by atoms with van der Waals surface area (Å²) in [6.07, 6.45) is 5.46. The summed E-state index contributed by atoms with van der Waals surface area (Å²) in [6, 6.07) is 19.0. The van der Waals surface area contributed by atoms with Gasteiger partial charge in [-0.15, -0.1) is 0 Å². The molecule has 48 heavy (non-hydrogen) atoms. The molecule has 7 rings (SSSR count). The molecule has 0 aliphatic heterocycles. The van der Waals surface area contributed by atoms with Crippen molar-refractivity contribution in [3.8, 4) is 22.4 Å². The molecule has 2 aromatic heterocycles. The summed E-state index contributed by atoms with van der Waals surface area (Å²) >= 11 is 0. The van der Waals surface area contributed by atoms with Crippen LogP contribution in [0.1, 0.15) is 63.4 Å². The predicted octanol–water partition coefficient (Wildman–Crippen LogP) is 6.96. The molecule has 6 atom stereocenters. The van der Waals surface area contributed by atoms with Crippen LogP contribution in [0.5, 0.6) is 0 Å². The van der Waals surface area contributed by atoms with Crippen LogP contribution >= 0.6 is 0 Å². The van der Waals surface area contributed by atoms with E-state index in [4.69, 9.17) is 19.1 Å². The fourth-order valence-corrected chi connectivity index (χ4v) is 8.39. The highest BCUT2D eigenvalue weighted by Gasteiger charge is 2.50. The van der Waals surface area contributed by atoms with Gasteiger partial charge in [0.05, 0.1) is 19.3 Å². The number of aliphatic hydroxyl groups is 2. The van der Waals surface area contributed by atoms with Crippen molar-refractivity contribution < 1.29 is 29.1 Å². The number of carbonyl (C=O) groups excluding carboxylic acids is 1. The normalized spacial score (nSPS) is 28.7. The quantitative estimate of drug-likeness (QED) is 0.154. The van der Waals surface area contributed by atoms with Gasteiger partial charge in [0.15, 0.2) is 11.2 Å². The lowest BCUT2D eigenvalue weighted by Crippen LogP contribution is -2.38. The average Bonchev–Trinajstić information content (AvgIpc) is 3.79. The summed E-state index contributed by atoms with van der Waals surface area (Å²) in [5, 5.41) is 31.5. The highest BCUT2D eigenvalue weighted by Crippen LogP contribution is 2.55. The molecule has 1 fully saturated rings. The van der Waals surface area contributed by atoms with Crippen LogP contribution < -0.4 is 0 Å². The van der Waals surface area contributed by atoms with Crippen molar-refractivity contribution in [2.24, 2.45) is 23.2 Å². The van der Waals surface area contributed by atoms with E-state index in [1.807, 2.05) is 60.7 Å². The maximum atomic E-state index is 14.0. The van der Waals surface area contributed by atoms with Crippen molar-refractivity contribution in [1.82, 2.24) is 15.3 Å². The molecule has 3 aliphatic rings. The maximum absolute atomic E-state index is 14.0. The number of rotatable bonds is 8. The molecule has 0 bridgehead atoms. The second kappa shape index (κ2) is 12.7. The second-order valence-electron chi connectivity index (χ2n) is 14.1. The van der Waals surface area contributed by atoms with Gasteiger partial charge in [-0.1, -0.05) is 98.7 Å². The van der Waals surface area contributed by atoms with Gasteiger partial charge < -0.3 is 19.7 Å². The molecule has 2 heterocycles. The molecule has 2 N–H and O–H groups in total. The maximum Gasteiger partial charge on any atom is 0.357 e. The first-order valence-corrected chi connectivity index (χ1v) is 16.9. The molecular formula is C39H43N3O6. The monoisotopic (exact) mass is 649 g/mol. The summed E-state index contributed by atoms with van der Waals surface area (Å²) in [4.78, 5) is 18.9. The van der Waals surface area contributed by atoms with Gasteiger partial charge in [-0.05, 0) is 65.4 Å². The van der Waals surface area contributed by atoms with Crippen LogP contribution in [0.15, 0.2) is 88.1 Å². The predicted molar refractivity (Wildman–Crippen MR) is 182 cm³/mol. The molecule has 0 radical (unpaired) electrons.